The van der Waals surface area contributed by atoms with Crippen LogP contribution in [0.2, 0.25) is 0 Å². The maximum Gasteiger partial charge on any atom is 0.255 e. The van der Waals surface area contributed by atoms with Gasteiger partial charge in [0.1, 0.15) is 0 Å². The Hall–Kier alpha value is -2.33. The van der Waals surface area contributed by atoms with Gasteiger partial charge in [0.05, 0.1) is 6.10 Å². The van der Waals surface area contributed by atoms with E-state index in [4.69, 9.17) is 0 Å². The van der Waals surface area contributed by atoms with Gasteiger partial charge in [-0.1, -0.05) is 12.1 Å². The van der Waals surface area contributed by atoms with Crippen molar-refractivity contribution in [3.8, 4) is 0 Å². The molecule has 0 atom stereocenters. The number of aliphatic hydroxyl groups excluding tert-OH is 1. The number of amides is 1. The zero-order chi connectivity index (χ0) is 17.1. The Bertz CT molecular complexity index is 717. The topological polar surface area (TPSA) is 52.6 Å². The average molecular weight is 324 g/mol. The maximum atomic E-state index is 12.5. The Kier molecular flexibility index (Phi) is 4.86. The van der Waals surface area contributed by atoms with Crippen molar-refractivity contribution in [2.75, 3.05) is 23.3 Å². The predicted octanol–water partition coefficient (Wildman–Crippen LogP) is 3.52. The van der Waals surface area contributed by atoms with Crippen molar-refractivity contribution >= 4 is 17.3 Å². The number of rotatable bonds is 3. The number of anilines is 2. The van der Waals surface area contributed by atoms with Gasteiger partial charge in [-0.15, -0.1) is 0 Å². The molecule has 3 rings (SSSR count). The van der Waals surface area contributed by atoms with Gasteiger partial charge in [0.15, 0.2) is 0 Å². The summed E-state index contributed by atoms with van der Waals surface area (Å²) in [5.41, 5.74) is 4.86. The molecule has 2 aromatic carbocycles. The van der Waals surface area contributed by atoms with Crippen molar-refractivity contribution in [3.63, 3.8) is 0 Å². The lowest BCUT2D eigenvalue weighted by Gasteiger charge is -2.31. The van der Waals surface area contributed by atoms with Gasteiger partial charge in [-0.2, -0.15) is 0 Å². The Morgan fingerprint density at radius 1 is 1.08 bits per heavy atom. The van der Waals surface area contributed by atoms with E-state index >= 15 is 0 Å². The number of aliphatic hydroxyl groups is 1. The highest BCUT2D eigenvalue weighted by atomic mass is 16.3. The summed E-state index contributed by atoms with van der Waals surface area (Å²) in [5, 5.41) is 12.6. The van der Waals surface area contributed by atoms with E-state index in [1.54, 1.807) is 0 Å². The number of hydrogen-bond acceptors (Lipinski definition) is 3. The van der Waals surface area contributed by atoms with E-state index in [0.717, 1.165) is 48.4 Å². The molecule has 126 valence electrons. The highest BCUT2D eigenvalue weighted by Gasteiger charge is 2.17. The first kappa shape index (κ1) is 16.5. The second kappa shape index (κ2) is 7.05. The average Bonchev–Trinajstić information content (AvgIpc) is 2.60. The molecule has 0 saturated carbocycles. The van der Waals surface area contributed by atoms with Gasteiger partial charge in [-0.05, 0) is 68.1 Å². The molecule has 4 nitrogen and oxygen atoms in total. The Labute approximate surface area is 143 Å². The van der Waals surface area contributed by atoms with E-state index in [-0.39, 0.29) is 12.0 Å². The number of aryl methyl sites for hydroxylation is 1. The zero-order valence-electron chi connectivity index (χ0n) is 14.2. The lowest BCUT2D eigenvalue weighted by molar-refractivity contribution is 0.102. The summed E-state index contributed by atoms with van der Waals surface area (Å²) in [4.78, 5) is 14.7. The van der Waals surface area contributed by atoms with E-state index in [9.17, 15) is 9.90 Å². The monoisotopic (exact) mass is 324 g/mol. The first-order chi connectivity index (χ1) is 11.5. The molecule has 0 aliphatic carbocycles. The summed E-state index contributed by atoms with van der Waals surface area (Å²) < 4.78 is 0. The van der Waals surface area contributed by atoms with Crippen molar-refractivity contribution in [3.05, 3.63) is 59.2 Å². The van der Waals surface area contributed by atoms with Gasteiger partial charge in [0.2, 0.25) is 0 Å². The van der Waals surface area contributed by atoms with Crippen LogP contribution in [0.15, 0.2) is 42.5 Å². The third-order valence-electron chi connectivity index (χ3n) is 4.81. The molecule has 0 radical (unpaired) electrons. The molecule has 1 saturated heterocycles. The highest BCUT2D eigenvalue weighted by Crippen LogP contribution is 2.22. The van der Waals surface area contributed by atoms with Crippen molar-refractivity contribution in [1.29, 1.82) is 0 Å². The maximum absolute atomic E-state index is 12.5. The van der Waals surface area contributed by atoms with Gasteiger partial charge in [0.25, 0.3) is 5.91 Å². The van der Waals surface area contributed by atoms with Crippen LogP contribution < -0.4 is 10.2 Å². The van der Waals surface area contributed by atoms with Crippen molar-refractivity contribution < 1.29 is 9.90 Å². The van der Waals surface area contributed by atoms with Gasteiger partial charge < -0.3 is 15.3 Å². The third-order valence-corrected chi connectivity index (χ3v) is 4.81. The minimum atomic E-state index is -0.177. The Morgan fingerprint density at radius 2 is 1.75 bits per heavy atom. The standard InChI is InChI=1S/C20H24N2O2/c1-14-4-3-5-19(15(14)2)21-20(24)16-6-8-17(9-7-16)22-12-10-18(23)11-13-22/h3-9,18,23H,10-13H2,1-2H3,(H,21,24). The number of nitrogens with one attached hydrogen (secondary N) is 1. The molecule has 1 amide bonds. The predicted molar refractivity (Wildman–Crippen MR) is 97.8 cm³/mol. The van der Waals surface area contributed by atoms with Crippen LogP contribution in [-0.4, -0.2) is 30.2 Å². The van der Waals surface area contributed by atoms with Crippen molar-refractivity contribution in [2.45, 2.75) is 32.8 Å². The molecular formula is C20H24N2O2. The molecule has 0 spiro atoms. The number of piperidine rings is 1. The molecular weight excluding hydrogens is 300 g/mol. The fourth-order valence-electron chi connectivity index (χ4n) is 3.03. The molecule has 2 aromatic rings. The van der Waals surface area contributed by atoms with E-state index in [0.29, 0.717) is 5.56 Å². The zero-order valence-corrected chi connectivity index (χ0v) is 14.2. The molecule has 1 fully saturated rings. The van der Waals surface area contributed by atoms with Crippen molar-refractivity contribution in [2.24, 2.45) is 0 Å². The molecule has 2 N–H and O–H groups in total. The largest absolute Gasteiger partial charge is 0.393 e. The lowest BCUT2D eigenvalue weighted by Crippen LogP contribution is -2.35. The SMILES string of the molecule is Cc1cccc(NC(=O)c2ccc(N3CCC(O)CC3)cc2)c1C. The summed E-state index contributed by atoms with van der Waals surface area (Å²) >= 11 is 0. The van der Waals surface area contributed by atoms with Crippen LogP contribution >= 0.6 is 0 Å². The number of hydrogen-bond donors (Lipinski definition) is 2. The van der Waals surface area contributed by atoms with Crippen LogP contribution in [0.1, 0.15) is 34.3 Å². The minimum absolute atomic E-state index is 0.0932. The summed E-state index contributed by atoms with van der Waals surface area (Å²) in [6, 6.07) is 13.6. The van der Waals surface area contributed by atoms with E-state index < -0.39 is 0 Å². The lowest BCUT2D eigenvalue weighted by atomic mass is 10.1. The summed E-state index contributed by atoms with van der Waals surface area (Å²) in [6.07, 6.45) is 1.42. The Morgan fingerprint density at radius 3 is 2.42 bits per heavy atom. The van der Waals surface area contributed by atoms with Gasteiger partial charge in [-0.3, -0.25) is 4.79 Å². The number of nitrogens with zero attached hydrogens (tertiary/aromatic N) is 1. The van der Waals surface area contributed by atoms with Gasteiger partial charge in [0, 0.05) is 30.0 Å². The second-order valence-electron chi connectivity index (χ2n) is 6.47. The molecule has 24 heavy (non-hydrogen) atoms. The third kappa shape index (κ3) is 3.60. The smallest absolute Gasteiger partial charge is 0.255 e. The number of carbonyl (C=O) groups is 1. The summed E-state index contributed by atoms with van der Waals surface area (Å²) in [7, 11) is 0. The fourth-order valence-corrected chi connectivity index (χ4v) is 3.03. The first-order valence-electron chi connectivity index (χ1n) is 8.45. The molecule has 1 heterocycles. The molecule has 1 aliphatic heterocycles. The molecule has 0 unspecified atom stereocenters. The number of benzene rings is 2. The van der Waals surface area contributed by atoms with Crippen LogP contribution in [0.3, 0.4) is 0 Å². The summed E-state index contributed by atoms with van der Waals surface area (Å²) in [5.74, 6) is -0.0932. The Balaban J connectivity index is 1.69. The van der Waals surface area contributed by atoms with Gasteiger partial charge in [-0.25, -0.2) is 0 Å². The highest BCUT2D eigenvalue weighted by molar-refractivity contribution is 6.04. The van der Waals surface area contributed by atoms with Crippen LogP contribution in [-0.2, 0) is 0 Å². The minimum Gasteiger partial charge on any atom is -0.393 e. The molecule has 4 heteroatoms. The van der Waals surface area contributed by atoms with E-state index in [2.05, 4.69) is 10.2 Å². The molecule has 0 aromatic heterocycles. The van der Waals surface area contributed by atoms with Crippen LogP contribution in [0, 0.1) is 13.8 Å². The van der Waals surface area contributed by atoms with Crippen LogP contribution in [0.25, 0.3) is 0 Å². The first-order valence-corrected chi connectivity index (χ1v) is 8.45. The van der Waals surface area contributed by atoms with E-state index in [1.807, 2.05) is 56.3 Å². The quantitative estimate of drug-likeness (QED) is 0.908. The van der Waals surface area contributed by atoms with Gasteiger partial charge >= 0.3 is 0 Å². The summed E-state index contributed by atoms with van der Waals surface area (Å²) in [6.45, 7) is 5.76. The van der Waals surface area contributed by atoms with Crippen LogP contribution in [0.5, 0.6) is 0 Å². The molecule has 1 aliphatic rings. The normalized spacial score (nSPS) is 15.4. The van der Waals surface area contributed by atoms with E-state index in [1.165, 1.54) is 0 Å². The second-order valence-corrected chi connectivity index (χ2v) is 6.47. The number of carbonyl (C=O) groups excluding carboxylic acids is 1. The van der Waals surface area contributed by atoms with Crippen molar-refractivity contribution in [1.82, 2.24) is 0 Å². The molecule has 0 bridgehead atoms. The fraction of sp³-hybridized carbons (Fsp3) is 0.350. The van der Waals surface area contributed by atoms with Crippen LogP contribution in [0.4, 0.5) is 11.4 Å².